The van der Waals surface area contributed by atoms with E-state index < -0.39 is 21.9 Å². The number of hydrogen-bond donors (Lipinski definition) is 1. The summed E-state index contributed by atoms with van der Waals surface area (Å²) in [6.07, 6.45) is 3.45. The zero-order valence-corrected chi connectivity index (χ0v) is 17.6. The molecule has 9 heteroatoms. The van der Waals surface area contributed by atoms with Crippen LogP contribution < -0.4 is 0 Å². The predicted molar refractivity (Wildman–Crippen MR) is 106 cm³/mol. The Bertz CT molecular complexity index is 893. The van der Waals surface area contributed by atoms with E-state index in [1.54, 1.807) is 10.9 Å². The summed E-state index contributed by atoms with van der Waals surface area (Å²) < 4.78 is 48.0. The Hall–Kier alpha value is -1.81. The summed E-state index contributed by atoms with van der Waals surface area (Å²) in [5.74, 6) is -0.344. The topological polar surface area (TPSA) is 84.7 Å². The van der Waals surface area contributed by atoms with E-state index in [2.05, 4.69) is 5.10 Å². The highest BCUT2D eigenvalue weighted by atomic mass is 32.2. The van der Waals surface area contributed by atoms with E-state index in [4.69, 9.17) is 4.74 Å². The molecule has 1 atom stereocenters. The van der Waals surface area contributed by atoms with E-state index >= 15 is 0 Å². The summed E-state index contributed by atoms with van der Waals surface area (Å²) in [7, 11) is -3.84. The van der Waals surface area contributed by atoms with Gasteiger partial charge in [-0.2, -0.15) is 9.40 Å². The van der Waals surface area contributed by atoms with Crippen LogP contribution >= 0.6 is 0 Å². The lowest BCUT2D eigenvalue weighted by molar-refractivity contribution is 0.0662. The Balaban J connectivity index is 1.81. The summed E-state index contributed by atoms with van der Waals surface area (Å²) in [6, 6.07) is 5.54. The average molecular weight is 426 g/mol. The second kappa shape index (κ2) is 9.34. The molecule has 2 aromatic rings. The lowest BCUT2D eigenvalue weighted by Crippen LogP contribution is -2.37. The average Bonchev–Trinajstić information content (AvgIpc) is 3.19. The van der Waals surface area contributed by atoms with Gasteiger partial charge in [-0.05, 0) is 36.5 Å². The molecule has 160 valence electrons. The number of aromatic nitrogens is 2. The minimum absolute atomic E-state index is 0.0655. The van der Waals surface area contributed by atoms with Crippen LogP contribution in [0, 0.1) is 11.7 Å². The molecule has 1 aromatic carbocycles. The predicted octanol–water partition coefficient (Wildman–Crippen LogP) is 2.75. The molecule has 1 saturated heterocycles. The molecule has 1 aliphatic rings. The number of nitrogens with zero attached hydrogens (tertiary/aromatic N) is 3. The van der Waals surface area contributed by atoms with Crippen molar-refractivity contribution >= 4 is 10.0 Å². The van der Waals surface area contributed by atoms with Crippen molar-refractivity contribution < 1.29 is 22.7 Å². The van der Waals surface area contributed by atoms with Gasteiger partial charge in [0.2, 0.25) is 10.0 Å². The maximum Gasteiger partial charge on any atom is 0.246 e. The number of benzene rings is 1. The molecule has 7 nitrogen and oxygen atoms in total. The SMILES string of the molecule is CC(C)CN(C[C@@H](O)c1ccc(F)cc1)S(=O)(=O)c1cnn(C2CCOCC2)c1. The van der Waals surface area contributed by atoms with E-state index in [0.29, 0.717) is 18.8 Å². The fraction of sp³-hybridized carbons (Fsp3) is 0.550. The highest BCUT2D eigenvalue weighted by Crippen LogP contribution is 2.25. The summed E-state index contributed by atoms with van der Waals surface area (Å²) in [6.45, 7) is 5.24. The van der Waals surface area contributed by atoms with Gasteiger partial charge in [0, 0.05) is 32.5 Å². The van der Waals surface area contributed by atoms with Gasteiger partial charge < -0.3 is 9.84 Å². The lowest BCUT2D eigenvalue weighted by atomic mass is 10.1. The lowest BCUT2D eigenvalue weighted by Gasteiger charge is -2.26. The van der Waals surface area contributed by atoms with Crippen LogP contribution in [0.2, 0.25) is 0 Å². The van der Waals surface area contributed by atoms with Crippen molar-refractivity contribution in [3.63, 3.8) is 0 Å². The van der Waals surface area contributed by atoms with Crippen molar-refractivity contribution in [1.82, 2.24) is 14.1 Å². The van der Waals surface area contributed by atoms with Crippen LogP contribution in [0.3, 0.4) is 0 Å². The van der Waals surface area contributed by atoms with Gasteiger partial charge >= 0.3 is 0 Å². The van der Waals surface area contributed by atoms with Crippen molar-refractivity contribution in [1.29, 1.82) is 0 Å². The van der Waals surface area contributed by atoms with Crippen molar-refractivity contribution in [2.24, 2.45) is 5.92 Å². The standard InChI is InChI=1S/C20H28FN3O4S/c1-15(2)12-23(14-20(25)16-3-5-17(21)6-4-16)29(26,27)19-11-22-24(13-19)18-7-9-28-10-8-18/h3-6,11,13,15,18,20,25H,7-10,12,14H2,1-2H3/t20-/m1/s1. The van der Waals surface area contributed by atoms with Crippen LogP contribution in [0.5, 0.6) is 0 Å². The molecule has 0 amide bonds. The van der Waals surface area contributed by atoms with Crippen LogP contribution in [0.25, 0.3) is 0 Å². The molecule has 0 bridgehead atoms. The largest absolute Gasteiger partial charge is 0.387 e. The highest BCUT2D eigenvalue weighted by Gasteiger charge is 2.30. The van der Waals surface area contributed by atoms with Crippen molar-refractivity contribution in [2.45, 2.75) is 43.7 Å². The summed E-state index contributed by atoms with van der Waals surface area (Å²) >= 11 is 0. The molecule has 1 fully saturated rings. The normalized spacial score (nSPS) is 17.2. The molecule has 0 saturated carbocycles. The fourth-order valence-electron chi connectivity index (χ4n) is 3.41. The third kappa shape index (κ3) is 5.42. The second-order valence-corrected chi connectivity index (χ2v) is 9.72. The Kier molecular flexibility index (Phi) is 7.05. The van der Waals surface area contributed by atoms with Gasteiger partial charge in [0.25, 0.3) is 0 Å². The zero-order chi connectivity index (χ0) is 21.0. The summed E-state index contributed by atoms with van der Waals surface area (Å²) in [4.78, 5) is 0.107. The number of ether oxygens (including phenoxy) is 1. The molecular weight excluding hydrogens is 397 g/mol. The first-order valence-corrected chi connectivity index (χ1v) is 11.3. The molecule has 29 heavy (non-hydrogen) atoms. The maximum absolute atomic E-state index is 13.3. The molecule has 0 spiro atoms. The van der Waals surface area contributed by atoms with E-state index in [9.17, 15) is 17.9 Å². The van der Waals surface area contributed by atoms with Crippen molar-refractivity contribution in [3.05, 3.63) is 48.0 Å². The molecule has 0 unspecified atom stereocenters. The van der Waals surface area contributed by atoms with Gasteiger partial charge in [-0.25, -0.2) is 12.8 Å². The first kappa shape index (κ1) is 21.9. The Labute approximate surface area is 171 Å². The fourth-order valence-corrected chi connectivity index (χ4v) is 4.97. The van der Waals surface area contributed by atoms with E-state index in [-0.39, 0.29) is 29.9 Å². The molecule has 1 N–H and O–H groups in total. The zero-order valence-electron chi connectivity index (χ0n) is 16.7. The number of aliphatic hydroxyl groups is 1. The number of rotatable bonds is 8. The maximum atomic E-state index is 13.3. The Morgan fingerprint density at radius 3 is 2.52 bits per heavy atom. The van der Waals surface area contributed by atoms with Crippen LogP contribution in [0.1, 0.15) is 44.4 Å². The quantitative estimate of drug-likeness (QED) is 0.703. The van der Waals surface area contributed by atoms with Crippen LogP contribution in [0.15, 0.2) is 41.6 Å². The second-order valence-electron chi connectivity index (χ2n) is 7.78. The number of aliphatic hydroxyl groups excluding tert-OH is 1. The van der Waals surface area contributed by atoms with Crippen LogP contribution in [-0.2, 0) is 14.8 Å². The van der Waals surface area contributed by atoms with Crippen LogP contribution in [-0.4, -0.2) is 53.9 Å². The molecule has 1 aromatic heterocycles. The van der Waals surface area contributed by atoms with Gasteiger partial charge in [0.05, 0.1) is 18.3 Å². The minimum Gasteiger partial charge on any atom is -0.387 e. The molecule has 0 radical (unpaired) electrons. The van der Waals surface area contributed by atoms with E-state index in [1.807, 2.05) is 13.8 Å². The minimum atomic E-state index is -3.84. The molecule has 1 aliphatic heterocycles. The highest BCUT2D eigenvalue weighted by molar-refractivity contribution is 7.89. The van der Waals surface area contributed by atoms with E-state index in [0.717, 1.165) is 12.8 Å². The smallest absolute Gasteiger partial charge is 0.246 e. The monoisotopic (exact) mass is 425 g/mol. The Morgan fingerprint density at radius 1 is 1.24 bits per heavy atom. The molecule has 0 aliphatic carbocycles. The van der Waals surface area contributed by atoms with Gasteiger partial charge in [0.15, 0.2) is 0 Å². The number of hydrogen-bond acceptors (Lipinski definition) is 5. The van der Waals surface area contributed by atoms with Gasteiger partial charge in [-0.3, -0.25) is 4.68 Å². The third-order valence-electron chi connectivity index (χ3n) is 4.98. The molecule has 3 rings (SSSR count). The molecular formula is C20H28FN3O4S. The third-order valence-corrected chi connectivity index (χ3v) is 6.77. The van der Waals surface area contributed by atoms with Crippen LogP contribution in [0.4, 0.5) is 4.39 Å². The van der Waals surface area contributed by atoms with Gasteiger partial charge in [-0.1, -0.05) is 26.0 Å². The van der Waals surface area contributed by atoms with Gasteiger partial charge in [-0.15, -0.1) is 0 Å². The van der Waals surface area contributed by atoms with Crippen molar-refractivity contribution in [2.75, 3.05) is 26.3 Å². The molecule has 2 heterocycles. The number of halogens is 1. The van der Waals surface area contributed by atoms with Crippen molar-refractivity contribution in [3.8, 4) is 0 Å². The first-order chi connectivity index (χ1) is 13.8. The van der Waals surface area contributed by atoms with E-state index in [1.165, 1.54) is 34.8 Å². The van der Waals surface area contributed by atoms with Gasteiger partial charge in [0.1, 0.15) is 10.7 Å². The summed E-state index contributed by atoms with van der Waals surface area (Å²) in [5, 5.41) is 14.8. The summed E-state index contributed by atoms with van der Waals surface area (Å²) in [5.41, 5.74) is 0.466. The Morgan fingerprint density at radius 2 is 1.90 bits per heavy atom. The first-order valence-electron chi connectivity index (χ1n) is 9.83. The number of sulfonamides is 1.